The highest BCUT2D eigenvalue weighted by atomic mass is 16.5. The minimum atomic E-state index is 0.560. The fraction of sp³-hybridized carbons (Fsp3) is 1.00. The number of ether oxygens (including phenoxy) is 2. The van der Waals surface area contributed by atoms with E-state index in [1.54, 1.807) is 14.2 Å². The lowest BCUT2D eigenvalue weighted by Gasteiger charge is -2.36. The summed E-state index contributed by atoms with van der Waals surface area (Å²) in [5.74, 6) is 0. The van der Waals surface area contributed by atoms with Crippen LogP contribution in [0, 0.1) is 0 Å². The molecule has 0 saturated carbocycles. The molecule has 0 aliphatic carbocycles. The maximum absolute atomic E-state index is 4.97. The van der Waals surface area contributed by atoms with Crippen LogP contribution < -0.4 is 5.32 Å². The van der Waals surface area contributed by atoms with Gasteiger partial charge < -0.3 is 14.8 Å². The first kappa shape index (κ1) is 7.98. The molecule has 3 heteroatoms. The van der Waals surface area contributed by atoms with Gasteiger partial charge in [-0.15, -0.1) is 0 Å². The van der Waals surface area contributed by atoms with E-state index >= 15 is 0 Å². The zero-order valence-electron chi connectivity index (χ0n) is 6.59. The van der Waals surface area contributed by atoms with Crippen LogP contribution >= 0.6 is 0 Å². The Labute approximate surface area is 61.7 Å². The Balaban J connectivity index is 1.95. The van der Waals surface area contributed by atoms with Gasteiger partial charge in [-0.2, -0.15) is 0 Å². The second-order valence-corrected chi connectivity index (χ2v) is 2.71. The standard InChI is InChI=1S/C7H15NO2/c1-9-4-6-3-7(8-6)5-10-2/h6-8H,3-5H2,1-2H3/t6-,7-/m0/s1. The summed E-state index contributed by atoms with van der Waals surface area (Å²) in [6, 6.07) is 1.12. The van der Waals surface area contributed by atoms with Crippen molar-refractivity contribution < 1.29 is 9.47 Å². The second-order valence-electron chi connectivity index (χ2n) is 2.71. The molecule has 1 heterocycles. The fourth-order valence-electron chi connectivity index (χ4n) is 1.29. The van der Waals surface area contributed by atoms with E-state index in [9.17, 15) is 0 Å². The number of nitrogens with one attached hydrogen (secondary N) is 1. The zero-order chi connectivity index (χ0) is 7.40. The van der Waals surface area contributed by atoms with Gasteiger partial charge in [0.05, 0.1) is 13.2 Å². The largest absolute Gasteiger partial charge is 0.383 e. The first-order valence-corrected chi connectivity index (χ1v) is 3.60. The maximum atomic E-state index is 4.97. The highest BCUT2D eigenvalue weighted by Crippen LogP contribution is 2.11. The lowest BCUT2D eigenvalue weighted by atomic mass is 9.99. The topological polar surface area (TPSA) is 30.5 Å². The summed E-state index contributed by atoms with van der Waals surface area (Å²) in [6.45, 7) is 1.64. The predicted molar refractivity (Wildman–Crippen MR) is 39.1 cm³/mol. The molecule has 2 atom stereocenters. The molecule has 3 nitrogen and oxygen atoms in total. The smallest absolute Gasteiger partial charge is 0.0616 e. The van der Waals surface area contributed by atoms with Crippen LogP contribution in [0.5, 0.6) is 0 Å². The van der Waals surface area contributed by atoms with Crippen LogP contribution in [0.15, 0.2) is 0 Å². The van der Waals surface area contributed by atoms with Crippen LogP contribution in [0.2, 0.25) is 0 Å². The van der Waals surface area contributed by atoms with Gasteiger partial charge in [-0.1, -0.05) is 0 Å². The molecule has 1 N–H and O–H groups in total. The van der Waals surface area contributed by atoms with Crippen molar-refractivity contribution >= 4 is 0 Å². The Morgan fingerprint density at radius 1 is 1.20 bits per heavy atom. The molecular formula is C7H15NO2. The van der Waals surface area contributed by atoms with E-state index in [4.69, 9.17) is 9.47 Å². The molecule has 1 aliphatic heterocycles. The summed E-state index contributed by atoms with van der Waals surface area (Å²) in [5.41, 5.74) is 0. The molecule has 0 aromatic heterocycles. The summed E-state index contributed by atoms with van der Waals surface area (Å²) in [6.07, 6.45) is 1.18. The van der Waals surface area contributed by atoms with Gasteiger partial charge in [0, 0.05) is 26.3 Å². The fourth-order valence-corrected chi connectivity index (χ4v) is 1.29. The molecule has 60 valence electrons. The molecule has 1 aliphatic rings. The molecular weight excluding hydrogens is 130 g/mol. The Morgan fingerprint density at radius 2 is 1.60 bits per heavy atom. The van der Waals surface area contributed by atoms with Crippen LogP contribution in [-0.4, -0.2) is 39.5 Å². The van der Waals surface area contributed by atoms with Crippen LogP contribution in [0.3, 0.4) is 0 Å². The molecule has 0 unspecified atom stereocenters. The van der Waals surface area contributed by atoms with Crippen LogP contribution in [0.4, 0.5) is 0 Å². The Kier molecular flexibility index (Phi) is 3.12. The van der Waals surface area contributed by atoms with E-state index in [1.165, 1.54) is 6.42 Å². The summed E-state index contributed by atoms with van der Waals surface area (Å²) in [4.78, 5) is 0. The third-order valence-corrected chi connectivity index (χ3v) is 1.78. The first-order valence-electron chi connectivity index (χ1n) is 3.60. The SMILES string of the molecule is COC[C@@H]1C[C@@H](COC)N1. The molecule has 10 heavy (non-hydrogen) atoms. The number of hydrogen-bond donors (Lipinski definition) is 1. The van der Waals surface area contributed by atoms with Crippen molar-refractivity contribution in [3.8, 4) is 0 Å². The molecule has 1 saturated heterocycles. The molecule has 0 aromatic rings. The average Bonchev–Trinajstić information content (AvgIpc) is 1.84. The zero-order valence-corrected chi connectivity index (χ0v) is 6.59. The van der Waals surface area contributed by atoms with Gasteiger partial charge in [0.1, 0.15) is 0 Å². The minimum Gasteiger partial charge on any atom is -0.383 e. The van der Waals surface area contributed by atoms with E-state index in [-0.39, 0.29) is 0 Å². The summed E-state index contributed by atoms with van der Waals surface area (Å²) >= 11 is 0. The van der Waals surface area contributed by atoms with Gasteiger partial charge in [0.15, 0.2) is 0 Å². The molecule has 1 fully saturated rings. The van der Waals surface area contributed by atoms with Gasteiger partial charge in [-0.3, -0.25) is 0 Å². The van der Waals surface area contributed by atoms with Crippen molar-refractivity contribution in [1.82, 2.24) is 5.32 Å². The van der Waals surface area contributed by atoms with Crippen LogP contribution in [0.25, 0.3) is 0 Å². The van der Waals surface area contributed by atoms with E-state index < -0.39 is 0 Å². The Morgan fingerprint density at radius 3 is 1.90 bits per heavy atom. The highest BCUT2D eigenvalue weighted by Gasteiger charge is 2.27. The number of methoxy groups -OCH3 is 2. The third-order valence-electron chi connectivity index (χ3n) is 1.78. The quantitative estimate of drug-likeness (QED) is 0.604. The summed E-state index contributed by atoms with van der Waals surface area (Å²) < 4.78 is 9.94. The van der Waals surface area contributed by atoms with Crippen molar-refractivity contribution in [2.45, 2.75) is 18.5 Å². The van der Waals surface area contributed by atoms with Gasteiger partial charge in [-0.25, -0.2) is 0 Å². The van der Waals surface area contributed by atoms with Crippen molar-refractivity contribution in [1.29, 1.82) is 0 Å². The van der Waals surface area contributed by atoms with E-state index in [2.05, 4.69) is 5.32 Å². The number of rotatable bonds is 4. The normalized spacial score (nSPS) is 31.8. The lowest BCUT2D eigenvalue weighted by Crippen LogP contribution is -2.56. The average molecular weight is 145 g/mol. The maximum Gasteiger partial charge on any atom is 0.0616 e. The van der Waals surface area contributed by atoms with E-state index in [1.807, 2.05) is 0 Å². The Hall–Kier alpha value is -0.120. The van der Waals surface area contributed by atoms with Crippen LogP contribution in [0.1, 0.15) is 6.42 Å². The summed E-state index contributed by atoms with van der Waals surface area (Å²) in [7, 11) is 3.46. The molecule has 0 aromatic carbocycles. The minimum absolute atomic E-state index is 0.560. The van der Waals surface area contributed by atoms with Gasteiger partial charge in [-0.05, 0) is 6.42 Å². The monoisotopic (exact) mass is 145 g/mol. The van der Waals surface area contributed by atoms with Crippen molar-refractivity contribution in [3.63, 3.8) is 0 Å². The Bertz CT molecular complexity index is 81.6. The predicted octanol–water partition coefficient (Wildman–Crippen LogP) is 0.00970. The summed E-state index contributed by atoms with van der Waals surface area (Å²) in [5, 5.41) is 3.33. The van der Waals surface area contributed by atoms with Gasteiger partial charge >= 0.3 is 0 Å². The lowest BCUT2D eigenvalue weighted by molar-refractivity contribution is 0.0709. The van der Waals surface area contributed by atoms with Crippen molar-refractivity contribution in [2.75, 3.05) is 27.4 Å². The van der Waals surface area contributed by atoms with E-state index in [0.29, 0.717) is 12.1 Å². The molecule has 0 amide bonds. The van der Waals surface area contributed by atoms with Crippen LogP contribution in [-0.2, 0) is 9.47 Å². The van der Waals surface area contributed by atoms with Crippen molar-refractivity contribution in [2.24, 2.45) is 0 Å². The van der Waals surface area contributed by atoms with Gasteiger partial charge in [0.25, 0.3) is 0 Å². The molecule has 0 bridgehead atoms. The van der Waals surface area contributed by atoms with Crippen molar-refractivity contribution in [3.05, 3.63) is 0 Å². The first-order chi connectivity index (χ1) is 4.86. The molecule has 0 spiro atoms. The van der Waals surface area contributed by atoms with Gasteiger partial charge in [0.2, 0.25) is 0 Å². The second kappa shape index (κ2) is 3.91. The number of hydrogen-bond acceptors (Lipinski definition) is 3. The molecule has 0 radical (unpaired) electrons. The molecule has 1 rings (SSSR count). The van der Waals surface area contributed by atoms with E-state index in [0.717, 1.165) is 13.2 Å². The third kappa shape index (κ3) is 1.94. The highest BCUT2D eigenvalue weighted by molar-refractivity contribution is 4.87.